The average Bonchev–Trinajstić information content (AvgIpc) is 2.41. The van der Waals surface area contributed by atoms with E-state index in [2.05, 4.69) is 10.3 Å². The number of pyridine rings is 1. The van der Waals surface area contributed by atoms with Crippen LogP contribution >= 0.6 is 0 Å². The summed E-state index contributed by atoms with van der Waals surface area (Å²) in [5.41, 5.74) is 6.51. The third kappa shape index (κ3) is 2.89. The van der Waals surface area contributed by atoms with Crippen molar-refractivity contribution in [3.8, 4) is 5.75 Å². The topological polar surface area (TPSA) is 103 Å². The van der Waals surface area contributed by atoms with E-state index in [1.165, 1.54) is 25.4 Å². The lowest BCUT2D eigenvalue weighted by atomic mass is 10.2. The van der Waals surface area contributed by atoms with Gasteiger partial charge in [0.2, 0.25) is 0 Å². The third-order valence-electron chi connectivity index (χ3n) is 2.43. The van der Waals surface area contributed by atoms with E-state index in [-0.39, 0.29) is 11.4 Å². The maximum atomic E-state index is 10.9. The Bertz CT molecular complexity index is 598. The molecule has 19 heavy (non-hydrogen) atoms. The molecular weight excluding hydrogens is 248 g/mol. The Hall–Kier alpha value is -2.83. The summed E-state index contributed by atoms with van der Waals surface area (Å²) in [6, 6.07) is 7.96. The van der Waals surface area contributed by atoms with Gasteiger partial charge in [0.05, 0.1) is 23.9 Å². The van der Waals surface area contributed by atoms with Crippen LogP contribution in [0.5, 0.6) is 5.75 Å². The molecule has 0 fully saturated rings. The minimum absolute atomic E-state index is 0.108. The lowest BCUT2D eigenvalue weighted by molar-refractivity contribution is -0.385. The zero-order chi connectivity index (χ0) is 13.8. The van der Waals surface area contributed by atoms with Gasteiger partial charge in [0.1, 0.15) is 5.82 Å². The van der Waals surface area contributed by atoms with Crippen molar-refractivity contribution in [1.82, 2.24) is 4.98 Å². The lowest BCUT2D eigenvalue weighted by Crippen LogP contribution is -1.98. The lowest BCUT2D eigenvalue weighted by Gasteiger charge is -2.07. The quantitative estimate of drug-likeness (QED) is 0.645. The second kappa shape index (κ2) is 5.21. The van der Waals surface area contributed by atoms with E-state index < -0.39 is 4.92 Å². The Morgan fingerprint density at radius 1 is 1.37 bits per heavy atom. The third-order valence-corrected chi connectivity index (χ3v) is 2.43. The van der Waals surface area contributed by atoms with Gasteiger partial charge in [-0.25, -0.2) is 4.98 Å². The molecule has 0 atom stereocenters. The zero-order valence-electron chi connectivity index (χ0n) is 10.2. The standard InChI is InChI=1S/C12H12N4O3/c1-19-11-4-3-9(6-10(11)16(17)18)15-12-5-2-8(13)7-14-12/h2-7H,13H2,1H3,(H,14,15). The fraction of sp³-hybridized carbons (Fsp3) is 0.0833. The molecular formula is C12H12N4O3. The van der Waals surface area contributed by atoms with Crippen LogP contribution < -0.4 is 15.8 Å². The Labute approximate surface area is 109 Å². The predicted octanol–water partition coefficient (Wildman–Crippen LogP) is 2.32. The smallest absolute Gasteiger partial charge is 0.312 e. The van der Waals surface area contributed by atoms with Gasteiger partial charge in [0.25, 0.3) is 0 Å². The number of nitrogen functional groups attached to an aromatic ring is 1. The van der Waals surface area contributed by atoms with Crippen molar-refractivity contribution in [1.29, 1.82) is 0 Å². The molecule has 0 aliphatic carbocycles. The summed E-state index contributed by atoms with van der Waals surface area (Å²) in [7, 11) is 1.39. The van der Waals surface area contributed by atoms with Gasteiger partial charge in [-0.1, -0.05) is 0 Å². The first-order chi connectivity index (χ1) is 9.10. The summed E-state index contributed by atoms with van der Waals surface area (Å²) >= 11 is 0. The molecule has 0 unspecified atom stereocenters. The van der Waals surface area contributed by atoms with Gasteiger partial charge in [0.15, 0.2) is 5.75 Å². The first kappa shape index (κ1) is 12.6. The number of methoxy groups -OCH3 is 1. The van der Waals surface area contributed by atoms with Gasteiger partial charge >= 0.3 is 5.69 Å². The van der Waals surface area contributed by atoms with Crippen molar-refractivity contribution < 1.29 is 9.66 Å². The number of hydrogen-bond acceptors (Lipinski definition) is 6. The number of benzene rings is 1. The highest BCUT2D eigenvalue weighted by atomic mass is 16.6. The molecule has 7 heteroatoms. The van der Waals surface area contributed by atoms with Crippen molar-refractivity contribution in [2.24, 2.45) is 0 Å². The summed E-state index contributed by atoms with van der Waals surface area (Å²) in [6.07, 6.45) is 1.50. The molecule has 0 radical (unpaired) electrons. The van der Waals surface area contributed by atoms with Gasteiger partial charge in [-0.2, -0.15) is 0 Å². The first-order valence-corrected chi connectivity index (χ1v) is 5.41. The van der Waals surface area contributed by atoms with Crippen molar-refractivity contribution in [3.05, 3.63) is 46.6 Å². The second-order valence-electron chi connectivity index (χ2n) is 3.75. The summed E-state index contributed by atoms with van der Waals surface area (Å²) in [6.45, 7) is 0. The number of nitrogens with two attached hydrogens (primary N) is 1. The number of hydrogen-bond donors (Lipinski definition) is 2. The Kier molecular flexibility index (Phi) is 3.46. The van der Waals surface area contributed by atoms with Crippen LogP contribution in [-0.2, 0) is 0 Å². The first-order valence-electron chi connectivity index (χ1n) is 5.41. The van der Waals surface area contributed by atoms with E-state index in [0.717, 1.165) is 0 Å². The second-order valence-corrected chi connectivity index (χ2v) is 3.75. The normalized spacial score (nSPS) is 9.95. The van der Waals surface area contributed by atoms with E-state index >= 15 is 0 Å². The van der Waals surface area contributed by atoms with E-state index in [9.17, 15) is 10.1 Å². The SMILES string of the molecule is COc1ccc(Nc2ccc(N)cn2)cc1[N+](=O)[O-]. The van der Waals surface area contributed by atoms with Crippen molar-refractivity contribution >= 4 is 22.9 Å². The molecule has 0 spiro atoms. The number of nitro groups is 1. The predicted molar refractivity (Wildman–Crippen MR) is 71.6 cm³/mol. The molecule has 1 heterocycles. The van der Waals surface area contributed by atoms with Gasteiger partial charge in [-0.3, -0.25) is 10.1 Å². The number of ether oxygens (including phenoxy) is 1. The number of nitro benzene ring substituents is 1. The minimum atomic E-state index is -0.500. The van der Waals surface area contributed by atoms with Gasteiger partial charge < -0.3 is 15.8 Å². The molecule has 7 nitrogen and oxygen atoms in total. The van der Waals surface area contributed by atoms with E-state index in [1.54, 1.807) is 18.2 Å². The molecule has 0 saturated carbocycles. The molecule has 3 N–H and O–H groups in total. The van der Waals surface area contributed by atoms with Crippen LogP contribution in [-0.4, -0.2) is 17.0 Å². The van der Waals surface area contributed by atoms with Crippen LogP contribution in [0.4, 0.5) is 22.9 Å². The summed E-state index contributed by atoms with van der Waals surface area (Å²) in [5, 5.41) is 13.8. The fourth-order valence-electron chi connectivity index (χ4n) is 1.54. The van der Waals surface area contributed by atoms with Crippen LogP contribution in [0.2, 0.25) is 0 Å². The van der Waals surface area contributed by atoms with Gasteiger partial charge in [-0.15, -0.1) is 0 Å². The number of nitrogens with one attached hydrogen (secondary N) is 1. The van der Waals surface area contributed by atoms with E-state index in [4.69, 9.17) is 10.5 Å². The van der Waals surface area contributed by atoms with Crippen LogP contribution in [0.3, 0.4) is 0 Å². The Morgan fingerprint density at radius 3 is 2.74 bits per heavy atom. The molecule has 1 aromatic heterocycles. The van der Waals surface area contributed by atoms with Crippen LogP contribution in [0.25, 0.3) is 0 Å². The van der Waals surface area contributed by atoms with Gasteiger partial charge in [0, 0.05) is 11.8 Å². The summed E-state index contributed by atoms with van der Waals surface area (Å²) in [4.78, 5) is 14.4. The monoisotopic (exact) mass is 260 g/mol. The van der Waals surface area contributed by atoms with Crippen LogP contribution in [0.15, 0.2) is 36.5 Å². The largest absolute Gasteiger partial charge is 0.490 e. The number of anilines is 3. The highest BCUT2D eigenvalue weighted by Crippen LogP contribution is 2.30. The van der Waals surface area contributed by atoms with Crippen LogP contribution in [0, 0.1) is 10.1 Å². The highest BCUT2D eigenvalue weighted by molar-refractivity contribution is 5.64. The average molecular weight is 260 g/mol. The maximum absolute atomic E-state index is 10.9. The Balaban J connectivity index is 2.28. The molecule has 98 valence electrons. The maximum Gasteiger partial charge on any atom is 0.312 e. The van der Waals surface area contributed by atoms with Crippen molar-refractivity contribution in [2.45, 2.75) is 0 Å². The highest BCUT2D eigenvalue weighted by Gasteiger charge is 2.15. The number of aromatic nitrogens is 1. The van der Waals surface area contributed by atoms with Crippen LogP contribution in [0.1, 0.15) is 0 Å². The molecule has 0 saturated heterocycles. The summed E-state index contributed by atoms with van der Waals surface area (Å²) in [5.74, 6) is 0.759. The van der Waals surface area contributed by atoms with E-state index in [0.29, 0.717) is 17.2 Å². The molecule has 1 aromatic carbocycles. The molecule has 0 amide bonds. The summed E-state index contributed by atoms with van der Waals surface area (Å²) < 4.78 is 4.93. The number of rotatable bonds is 4. The molecule has 0 aliphatic heterocycles. The molecule has 2 aromatic rings. The van der Waals surface area contributed by atoms with Crippen molar-refractivity contribution in [3.63, 3.8) is 0 Å². The molecule has 0 bridgehead atoms. The van der Waals surface area contributed by atoms with E-state index in [1.807, 2.05) is 0 Å². The number of nitrogens with zero attached hydrogens (tertiary/aromatic N) is 2. The molecule has 0 aliphatic rings. The Morgan fingerprint density at radius 2 is 2.16 bits per heavy atom. The van der Waals surface area contributed by atoms with Gasteiger partial charge in [-0.05, 0) is 24.3 Å². The fourth-order valence-corrected chi connectivity index (χ4v) is 1.54. The van der Waals surface area contributed by atoms with Crippen molar-refractivity contribution in [2.75, 3.05) is 18.2 Å². The molecule has 2 rings (SSSR count). The minimum Gasteiger partial charge on any atom is -0.490 e. The zero-order valence-corrected chi connectivity index (χ0v) is 10.2.